The van der Waals surface area contributed by atoms with E-state index >= 15 is 0 Å². The second-order valence-corrected chi connectivity index (χ2v) is 7.61. The van der Waals surface area contributed by atoms with Crippen LogP contribution in [-0.4, -0.2) is 38.2 Å². The number of rotatable bonds is 5. The zero-order valence-corrected chi connectivity index (χ0v) is 15.0. The molecule has 3 aromatic rings. The molecule has 2 fully saturated rings. The predicted octanol–water partition coefficient (Wildman–Crippen LogP) is 2.77. The Kier molecular flexibility index (Phi) is 4.06. The van der Waals surface area contributed by atoms with Crippen LogP contribution in [0.15, 0.2) is 45.6 Å². The highest BCUT2D eigenvalue weighted by atomic mass is 16.5. The summed E-state index contributed by atoms with van der Waals surface area (Å²) in [6.07, 6.45) is 6.94. The van der Waals surface area contributed by atoms with Gasteiger partial charge in [-0.2, -0.15) is 4.98 Å². The normalized spacial score (nSPS) is 25.1. The van der Waals surface area contributed by atoms with Gasteiger partial charge in [0.25, 0.3) is 0 Å². The van der Waals surface area contributed by atoms with Crippen LogP contribution in [0, 0.1) is 5.92 Å². The second-order valence-electron chi connectivity index (χ2n) is 7.61. The van der Waals surface area contributed by atoms with Gasteiger partial charge in [-0.05, 0) is 43.0 Å². The molecule has 7 heteroatoms. The van der Waals surface area contributed by atoms with Gasteiger partial charge in [-0.15, -0.1) is 0 Å². The van der Waals surface area contributed by atoms with E-state index in [0.29, 0.717) is 17.5 Å². The van der Waals surface area contributed by atoms with Gasteiger partial charge in [-0.25, -0.2) is 0 Å². The molecule has 1 aliphatic carbocycles. The fourth-order valence-electron chi connectivity index (χ4n) is 4.71. The minimum Gasteiger partial charge on any atom is -0.462 e. The third kappa shape index (κ3) is 2.87. The first kappa shape index (κ1) is 16.6. The van der Waals surface area contributed by atoms with Crippen molar-refractivity contribution in [2.24, 2.45) is 5.92 Å². The number of fused-ring (bicyclic) bond motifs is 1. The standard InChI is InChI=1S/C20H22N4O3/c25-12-17-6-5-16(26-17)11-24-10-15-4-1-7-20(15,13-24)19-22-18(23-27-19)14-3-2-8-21-9-14/h2-3,5-6,8-9,15,25H,1,4,7,10-13H2/t15-,20-/m1/s1. The van der Waals surface area contributed by atoms with Crippen LogP contribution in [-0.2, 0) is 18.6 Å². The maximum Gasteiger partial charge on any atom is 0.234 e. The molecule has 0 amide bonds. The molecule has 1 N–H and O–H groups in total. The summed E-state index contributed by atoms with van der Waals surface area (Å²) < 4.78 is 11.4. The van der Waals surface area contributed by atoms with Crippen molar-refractivity contribution in [2.75, 3.05) is 13.1 Å². The monoisotopic (exact) mass is 366 g/mol. The lowest BCUT2D eigenvalue weighted by atomic mass is 9.80. The Hall–Kier alpha value is -2.51. The van der Waals surface area contributed by atoms with Crippen LogP contribution in [0.25, 0.3) is 11.4 Å². The Bertz CT molecular complexity index is 922. The van der Waals surface area contributed by atoms with Gasteiger partial charge in [0.15, 0.2) is 0 Å². The number of aromatic nitrogens is 3. The molecule has 0 bridgehead atoms. The van der Waals surface area contributed by atoms with Crippen LogP contribution < -0.4 is 0 Å². The van der Waals surface area contributed by atoms with E-state index in [1.807, 2.05) is 24.3 Å². The van der Waals surface area contributed by atoms with Gasteiger partial charge < -0.3 is 14.0 Å². The van der Waals surface area contributed by atoms with Crippen LogP contribution >= 0.6 is 0 Å². The minimum atomic E-state index is -0.0696. The van der Waals surface area contributed by atoms with E-state index in [0.717, 1.165) is 43.3 Å². The van der Waals surface area contributed by atoms with Gasteiger partial charge in [-0.3, -0.25) is 9.88 Å². The first-order valence-corrected chi connectivity index (χ1v) is 9.42. The van der Waals surface area contributed by atoms with Crippen LogP contribution in [0.2, 0.25) is 0 Å². The first-order valence-electron chi connectivity index (χ1n) is 9.42. The summed E-state index contributed by atoms with van der Waals surface area (Å²) in [7, 11) is 0. The van der Waals surface area contributed by atoms with Crippen LogP contribution in [0.5, 0.6) is 0 Å². The molecular formula is C20H22N4O3. The van der Waals surface area contributed by atoms with E-state index in [4.69, 9.17) is 13.9 Å². The lowest BCUT2D eigenvalue weighted by Gasteiger charge is -2.24. The topological polar surface area (TPSA) is 88.4 Å². The molecule has 0 unspecified atom stereocenters. The zero-order valence-electron chi connectivity index (χ0n) is 15.0. The van der Waals surface area contributed by atoms with Gasteiger partial charge in [-0.1, -0.05) is 11.6 Å². The number of likely N-dealkylation sites (tertiary alicyclic amines) is 1. The molecule has 0 aromatic carbocycles. The quantitative estimate of drug-likeness (QED) is 0.743. The molecule has 0 radical (unpaired) electrons. The van der Waals surface area contributed by atoms with Crippen molar-refractivity contribution in [3.63, 3.8) is 0 Å². The smallest absolute Gasteiger partial charge is 0.234 e. The van der Waals surface area contributed by atoms with Gasteiger partial charge in [0, 0.05) is 31.0 Å². The highest BCUT2D eigenvalue weighted by Gasteiger charge is 2.54. The van der Waals surface area contributed by atoms with E-state index in [9.17, 15) is 5.11 Å². The maximum absolute atomic E-state index is 9.19. The summed E-state index contributed by atoms with van der Waals surface area (Å²) >= 11 is 0. The van der Waals surface area contributed by atoms with Gasteiger partial charge >= 0.3 is 0 Å². The molecule has 5 rings (SSSR count). The summed E-state index contributed by atoms with van der Waals surface area (Å²) in [6.45, 7) is 2.56. The number of pyridine rings is 1. The molecule has 4 heterocycles. The Balaban J connectivity index is 1.38. The van der Waals surface area contributed by atoms with Crippen molar-refractivity contribution in [3.05, 3.63) is 54.1 Å². The number of hydrogen-bond donors (Lipinski definition) is 1. The number of nitrogens with zero attached hydrogens (tertiary/aromatic N) is 4. The molecule has 3 aromatic heterocycles. The van der Waals surface area contributed by atoms with Gasteiger partial charge in [0.1, 0.15) is 18.1 Å². The summed E-state index contributed by atoms with van der Waals surface area (Å²) in [5.74, 6) is 3.37. The fraction of sp³-hybridized carbons (Fsp3) is 0.450. The third-order valence-electron chi connectivity index (χ3n) is 5.97. The molecule has 0 spiro atoms. The SMILES string of the molecule is OCc1ccc(CN2C[C@H]3CCC[C@@]3(c3nc(-c4cccnc4)no3)C2)o1. The van der Waals surface area contributed by atoms with Gasteiger partial charge in [0.2, 0.25) is 11.7 Å². The zero-order chi connectivity index (χ0) is 18.3. The van der Waals surface area contributed by atoms with Crippen molar-refractivity contribution in [2.45, 2.75) is 37.8 Å². The molecule has 7 nitrogen and oxygen atoms in total. The van der Waals surface area contributed by atoms with E-state index in [1.54, 1.807) is 12.4 Å². The van der Waals surface area contributed by atoms with E-state index < -0.39 is 0 Å². The Morgan fingerprint density at radius 1 is 1.26 bits per heavy atom. The summed E-state index contributed by atoms with van der Waals surface area (Å²) in [5.41, 5.74) is 0.806. The van der Waals surface area contributed by atoms with Crippen molar-refractivity contribution in [1.29, 1.82) is 0 Å². The number of aliphatic hydroxyl groups excluding tert-OH is 1. The average Bonchev–Trinajstić information content (AvgIpc) is 3.45. The average molecular weight is 366 g/mol. The molecular weight excluding hydrogens is 344 g/mol. The van der Waals surface area contributed by atoms with E-state index in [2.05, 4.69) is 15.0 Å². The first-order chi connectivity index (χ1) is 13.3. The Labute approximate surface area is 157 Å². The summed E-state index contributed by atoms with van der Waals surface area (Å²) in [5, 5.41) is 13.4. The maximum atomic E-state index is 9.19. The second kappa shape index (κ2) is 6.58. The van der Waals surface area contributed by atoms with Crippen molar-refractivity contribution < 1.29 is 14.0 Å². The fourth-order valence-corrected chi connectivity index (χ4v) is 4.71. The molecule has 2 aliphatic rings. The largest absolute Gasteiger partial charge is 0.462 e. The van der Waals surface area contributed by atoms with Crippen LogP contribution in [0.4, 0.5) is 0 Å². The van der Waals surface area contributed by atoms with Gasteiger partial charge in [0.05, 0.1) is 12.0 Å². The Morgan fingerprint density at radius 2 is 2.19 bits per heavy atom. The predicted molar refractivity (Wildman–Crippen MR) is 96.5 cm³/mol. The number of furan rings is 1. The number of aliphatic hydroxyl groups is 1. The van der Waals surface area contributed by atoms with Crippen LogP contribution in [0.1, 0.15) is 36.7 Å². The van der Waals surface area contributed by atoms with Crippen molar-refractivity contribution in [1.82, 2.24) is 20.0 Å². The molecule has 1 saturated carbocycles. The lowest BCUT2D eigenvalue weighted by Crippen LogP contribution is -2.32. The van der Waals surface area contributed by atoms with Crippen molar-refractivity contribution in [3.8, 4) is 11.4 Å². The molecule has 140 valence electrons. The summed E-state index contributed by atoms with van der Waals surface area (Å²) in [6, 6.07) is 7.60. The molecule has 2 atom stereocenters. The molecule has 1 aliphatic heterocycles. The summed E-state index contributed by atoms with van der Waals surface area (Å²) in [4.78, 5) is 11.3. The molecule has 1 saturated heterocycles. The Morgan fingerprint density at radius 3 is 3.00 bits per heavy atom. The van der Waals surface area contributed by atoms with E-state index in [1.165, 1.54) is 12.8 Å². The van der Waals surface area contributed by atoms with Crippen LogP contribution in [0.3, 0.4) is 0 Å². The van der Waals surface area contributed by atoms with E-state index in [-0.39, 0.29) is 12.0 Å². The highest BCUT2D eigenvalue weighted by molar-refractivity contribution is 5.52. The molecule has 27 heavy (non-hydrogen) atoms. The number of hydrogen-bond acceptors (Lipinski definition) is 7. The minimum absolute atomic E-state index is 0.0638. The highest BCUT2D eigenvalue weighted by Crippen LogP contribution is 2.50. The van der Waals surface area contributed by atoms with Crippen molar-refractivity contribution >= 4 is 0 Å². The lowest BCUT2D eigenvalue weighted by molar-refractivity contribution is 0.221. The third-order valence-corrected chi connectivity index (χ3v) is 5.97.